The molecule has 0 unspecified atom stereocenters. The number of esters is 1. The standard InChI is InChI=1S/C31H39NO2/c1-2-3-4-5-23-6-10-25(11-7-23)26-12-14-27(15-13-26)28-16-18-29(19-17-28)31(33)34-30-20-8-24(22-32)9-21-30/h8-9,16-21,23,25-27H,2-7,10-15H2,1H3/t23-,25-,26?,27?. The normalized spacial score (nSPS) is 24.8. The molecular formula is C31H39NO2. The number of carbonyl (C=O) groups excluding carboxylic acids is 1. The predicted octanol–water partition coefficient (Wildman–Crippen LogP) is 8.44. The van der Waals surface area contributed by atoms with E-state index in [1.54, 1.807) is 24.3 Å². The van der Waals surface area contributed by atoms with Crippen LogP contribution in [0.5, 0.6) is 5.75 Å². The van der Waals surface area contributed by atoms with E-state index < -0.39 is 0 Å². The minimum atomic E-state index is -0.356. The van der Waals surface area contributed by atoms with Crippen molar-refractivity contribution in [3.05, 3.63) is 65.2 Å². The van der Waals surface area contributed by atoms with Crippen LogP contribution in [0.2, 0.25) is 0 Å². The van der Waals surface area contributed by atoms with Crippen LogP contribution in [0.4, 0.5) is 0 Å². The summed E-state index contributed by atoms with van der Waals surface area (Å²) >= 11 is 0. The van der Waals surface area contributed by atoms with Gasteiger partial charge >= 0.3 is 5.97 Å². The minimum Gasteiger partial charge on any atom is -0.423 e. The molecule has 2 aliphatic carbocycles. The van der Waals surface area contributed by atoms with E-state index >= 15 is 0 Å². The number of unbranched alkanes of at least 4 members (excludes halogenated alkanes) is 2. The molecule has 0 aliphatic heterocycles. The average molecular weight is 458 g/mol. The highest BCUT2D eigenvalue weighted by Gasteiger charge is 2.31. The van der Waals surface area contributed by atoms with Crippen LogP contribution in [-0.4, -0.2) is 5.97 Å². The quantitative estimate of drug-likeness (QED) is 0.227. The Morgan fingerprint density at radius 1 is 0.853 bits per heavy atom. The maximum atomic E-state index is 12.5. The molecule has 0 atom stereocenters. The lowest BCUT2D eigenvalue weighted by molar-refractivity contribution is 0.0734. The van der Waals surface area contributed by atoms with Gasteiger partial charge in [-0.3, -0.25) is 0 Å². The zero-order valence-corrected chi connectivity index (χ0v) is 20.7. The summed E-state index contributed by atoms with van der Waals surface area (Å²) < 4.78 is 5.45. The van der Waals surface area contributed by atoms with Crippen molar-refractivity contribution >= 4 is 5.97 Å². The Bertz CT molecular complexity index is 940. The third-order valence-electron chi connectivity index (χ3n) is 8.36. The van der Waals surface area contributed by atoms with Crippen LogP contribution in [0.15, 0.2) is 48.5 Å². The molecule has 0 heterocycles. The summed E-state index contributed by atoms with van der Waals surface area (Å²) in [6.07, 6.45) is 16.8. The predicted molar refractivity (Wildman–Crippen MR) is 137 cm³/mol. The topological polar surface area (TPSA) is 50.1 Å². The van der Waals surface area contributed by atoms with Crippen molar-refractivity contribution < 1.29 is 9.53 Å². The largest absolute Gasteiger partial charge is 0.423 e. The Morgan fingerprint density at radius 3 is 2.06 bits per heavy atom. The molecular weight excluding hydrogens is 418 g/mol. The maximum absolute atomic E-state index is 12.5. The summed E-state index contributed by atoms with van der Waals surface area (Å²) in [6.45, 7) is 2.30. The lowest BCUT2D eigenvalue weighted by Gasteiger charge is -2.38. The molecule has 0 saturated heterocycles. The fourth-order valence-corrected chi connectivity index (χ4v) is 6.21. The molecule has 0 spiro atoms. The molecule has 2 saturated carbocycles. The molecule has 3 heteroatoms. The molecule has 3 nitrogen and oxygen atoms in total. The van der Waals surface area contributed by atoms with Crippen LogP contribution >= 0.6 is 0 Å². The van der Waals surface area contributed by atoms with Crippen LogP contribution in [0, 0.1) is 29.1 Å². The Morgan fingerprint density at radius 2 is 1.47 bits per heavy atom. The van der Waals surface area contributed by atoms with Gasteiger partial charge in [0.1, 0.15) is 5.75 Å². The van der Waals surface area contributed by atoms with E-state index in [0.29, 0.717) is 22.8 Å². The van der Waals surface area contributed by atoms with Gasteiger partial charge in [-0.2, -0.15) is 5.26 Å². The Balaban J connectivity index is 1.22. The number of nitrogens with zero attached hydrogens (tertiary/aromatic N) is 1. The molecule has 0 bridgehead atoms. The fraction of sp³-hybridized carbons (Fsp3) is 0.548. The van der Waals surface area contributed by atoms with Gasteiger partial charge in [0.25, 0.3) is 0 Å². The number of ether oxygens (including phenoxy) is 1. The van der Waals surface area contributed by atoms with Gasteiger partial charge in [0.2, 0.25) is 0 Å². The molecule has 180 valence electrons. The highest BCUT2D eigenvalue weighted by atomic mass is 16.5. The van der Waals surface area contributed by atoms with E-state index in [1.165, 1.54) is 82.6 Å². The van der Waals surface area contributed by atoms with Crippen molar-refractivity contribution in [3.63, 3.8) is 0 Å². The number of hydrogen-bond acceptors (Lipinski definition) is 3. The smallest absolute Gasteiger partial charge is 0.343 e. The first kappa shape index (κ1) is 24.5. The van der Waals surface area contributed by atoms with Crippen LogP contribution in [0.3, 0.4) is 0 Å². The van der Waals surface area contributed by atoms with Gasteiger partial charge in [0.15, 0.2) is 0 Å². The van der Waals surface area contributed by atoms with E-state index in [1.807, 2.05) is 12.1 Å². The second kappa shape index (κ2) is 12.2. The summed E-state index contributed by atoms with van der Waals surface area (Å²) in [6, 6.07) is 16.7. The van der Waals surface area contributed by atoms with Gasteiger partial charge in [0.05, 0.1) is 17.2 Å². The third-order valence-corrected chi connectivity index (χ3v) is 8.36. The van der Waals surface area contributed by atoms with E-state index in [0.717, 1.165) is 17.8 Å². The summed E-state index contributed by atoms with van der Waals surface area (Å²) in [7, 11) is 0. The Hall–Kier alpha value is -2.60. The second-order valence-corrected chi connectivity index (χ2v) is 10.5. The van der Waals surface area contributed by atoms with Crippen molar-refractivity contribution in [1.29, 1.82) is 5.26 Å². The highest BCUT2D eigenvalue weighted by Crippen LogP contribution is 2.44. The minimum absolute atomic E-state index is 0.356. The van der Waals surface area contributed by atoms with Gasteiger partial charge in [-0.1, -0.05) is 57.6 Å². The first-order valence-electron chi connectivity index (χ1n) is 13.5. The van der Waals surface area contributed by atoms with Gasteiger partial charge in [-0.05, 0) is 104 Å². The zero-order chi connectivity index (χ0) is 23.8. The highest BCUT2D eigenvalue weighted by molar-refractivity contribution is 5.91. The van der Waals surface area contributed by atoms with Gasteiger partial charge in [-0.25, -0.2) is 4.79 Å². The summed E-state index contributed by atoms with van der Waals surface area (Å²) in [5, 5.41) is 8.89. The zero-order valence-electron chi connectivity index (χ0n) is 20.7. The molecule has 34 heavy (non-hydrogen) atoms. The third kappa shape index (κ3) is 6.50. The Labute approximate surface area is 205 Å². The molecule has 4 rings (SSSR count). The molecule has 2 aromatic rings. The summed E-state index contributed by atoms with van der Waals surface area (Å²) in [4.78, 5) is 12.5. The number of nitriles is 1. The van der Waals surface area contributed by atoms with Crippen molar-refractivity contribution in [2.24, 2.45) is 17.8 Å². The fourth-order valence-electron chi connectivity index (χ4n) is 6.21. The first-order valence-corrected chi connectivity index (χ1v) is 13.5. The molecule has 2 aliphatic rings. The van der Waals surface area contributed by atoms with Crippen molar-refractivity contribution in [1.82, 2.24) is 0 Å². The SMILES string of the molecule is CCCCC[C@H]1CC[C@H](C2CCC(c3ccc(C(=O)Oc4ccc(C#N)cc4)cc3)CC2)CC1. The van der Waals surface area contributed by atoms with Crippen LogP contribution < -0.4 is 4.74 Å². The molecule has 2 fully saturated rings. The molecule has 0 amide bonds. The first-order chi connectivity index (χ1) is 16.7. The number of benzene rings is 2. The molecule has 0 N–H and O–H groups in total. The monoisotopic (exact) mass is 457 g/mol. The van der Waals surface area contributed by atoms with E-state index in [2.05, 4.69) is 25.1 Å². The maximum Gasteiger partial charge on any atom is 0.343 e. The average Bonchev–Trinajstić information content (AvgIpc) is 2.90. The van der Waals surface area contributed by atoms with Gasteiger partial charge in [-0.15, -0.1) is 0 Å². The van der Waals surface area contributed by atoms with E-state index in [4.69, 9.17) is 10.00 Å². The molecule has 2 aromatic carbocycles. The van der Waals surface area contributed by atoms with E-state index in [-0.39, 0.29) is 5.97 Å². The van der Waals surface area contributed by atoms with Crippen molar-refractivity contribution in [2.75, 3.05) is 0 Å². The van der Waals surface area contributed by atoms with Crippen LogP contribution in [0.25, 0.3) is 0 Å². The summed E-state index contributed by atoms with van der Waals surface area (Å²) in [5.74, 6) is 3.61. The molecule has 0 aromatic heterocycles. The number of hydrogen-bond donors (Lipinski definition) is 0. The van der Waals surface area contributed by atoms with Gasteiger partial charge in [0, 0.05) is 0 Å². The van der Waals surface area contributed by atoms with Crippen molar-refractivity contribution in [3.8, 4) is 11.8 Å². The Kier molecular flexibility index (Phi) is 8.80. The molecule has 0 radical (unpaired) electrons. The van der Waals surface area contributed by atoms with Crippen LogP contribution in [-0.2, 0) is 0 Å². The summed E-state index contributed by atoms with van der Waals surface area (Å²) in [5.41, 5.74) is 2.47. The van der Waals surface area contributed by atoms with Crippen LogP contribution in [0.1, 0.15) is 111 Å². The van der Waals surface area contributed by atoms with Gasteiger partial charge < -0.3 is 4.74 Å². The number of rotatable bonds is 8. The lowest BCUT2D eigenvalue weighted by atomic mass is 9.68. The second-order valence-electron chi connectivity index (χ2n) is 10.5. The number of carbonyl (C=O) groups is 1. The van der Waals surface area contributed by atoms with E-state index in [9.17, 15) is 4.79 Å². The van der Waals surface area contributed by atoms with Crippen molar-refractivity contribution in [2.45, 2.75) is 89.9 Å². The lowest BCUT2D eigenvalue weighted by Crippen LogP contribution is -2.25.